The van der Waals surface area contributed by atoms with E-state index in [0.717, 1.165) is 23.6 Å². The maximum Gasteiger partial charge on any atom is 0.161 e. The zero-order chi connectivity index (χ0) is 14.7. The Morgan fingerprint density at radius 1 is 1.30 bits per heavy atom. The minimum Gasteiger partial charge on any atom is -0.486 e. The molecule has 0 spiro atoms. The molecule has 2 rings (SSSR count). The Kier molecular flexibility index (Phi) is 4.89. The Morgan fingerprint density at radius 3 is 2.70 bits per heavy atom. The minimum atomic E-state index is 0.0400. The Hall–Kier alpha value is -1.26. The van der Waals surface area contributed by atoms with Crippen LogP contribution in [0.1, 0.15) is 32.4 Å². The summed E-state index contributed by atoms with van der Waals surface area (Å²) in [6, 6.07) is 6.08. The number of hydrogen-bond donors (Lipinski definition) is 0. The molecule has 0 amide bonds. The van der Waals surface area contributed by atoms with Crippen molar-refractivity contribution in [3.63, 3.8) is 0 Å². The fourth-order valence-electron chi connectivity index (χ4n) is 2.28. The molecule has 0 N–H and O–H groups in total. The van der Waals surface area contributed by atoms with Crippen LogP contribution in [0, 0.1) is 0 Å². The first-order chi connectivity index (χ1) is 9.45. The van der Waals surface area contributed by atoms with Gasteiger partial charge < -0.3 is 19.1 Å². The lowest BCUT2D eigenvalue weighted by atomic mass is 10.1. The average molecular weight is 279 g/mol. The van der Waals surface area contributed by atoms with E-state index in [1.54, 1.807) is 0 Å². The summed E-state index contributed by atoms with van der Waals surface area (Å²) in [4.78, 5) is 2.13. The molecule has 0 fully saturated rings. The van der Waals surface area contributed by atoms with Crippen molar-refractivity contribution >= 4 is 0 Å². The van der Waals surface area contributed by atoms with Crippen LogP contribution in [0.15, 0.2) is 18.2 Å². The highest BCUT2D eigenvalue weighted by Crippen LogP contribution is 2.35. The Balaban J connectivity index is 2.20. The molecule has 112 valence electrons. The number of nitrogens with zero attached hydrogens (tertiary/aromatic N) is 1. The molecule has 20 heavy (non-hydrogen) atoms. The summed E-state index contributed by atoms with van der Waals surface area (Å²) in [6.07, 6.45) is 0.337. The van der Waals surface area contributed by atoms with Crippen LogP contribution in [-0.4, -0.2) is 44.4 Å². The number of ether oxygens (including phenoxy) is 3. The predicted octanol–water partition coefficient (Wildman–Crippen LogP) is 2.87. The van der Waals surface area contributed by atoms with Gasteiger partial charge in [0.25, 0.3) is 0 Å². The molecule has 0 radical (unpaired) electrons. The van der Waals surface area contributed by atoms with Gasteiger partial charge >= 0.3 is 0 Å². The van der Waals surface area contributed by atoms with Crippen molar-refractivity contribution in [2.75, 3.05) is 27.2 Å². The summed E-state index contributed by atoms with van der Waals surface area (Å²) in [5, 5.41) is 0. The third kappa shape index (κ3) is 3.87. The fourth-order valence-corrected chi connectivity index (χ4v) is 2.28. The molecule has 0 aliphatic carbocycles. The lowest BCUT2D eigenvalue weighted by Gasteiger charge is -2.27. The third-order valence-electron chi connectivity index (χ3n) is 3.11. The predicted molar refractivity (Wildman–Crippen MR) is 79.5 cm³/mol. The van der Waals surface area contributed by atoms with E-state index in [1.165, 1.54) is 0 Å². The lowest BCUT2D eigenvalue weighted by Crippen LogP contribution is -2.27. The number of hydrogen-bond acceptors (Lipinski definition) is 4. The smallest absolute Gasteiger partial charge is 0.161 e. The van der Waals surface area contributed by atoms with Crippen molar-refractivity contribution in [1.82, 2.24) is 4.90 Å². The van der Waals surface area contributed by atoms with Crippen LogP contribution in [0.25, 0.3) is 0 Å². The molecule has 2 atom stereocenters. The zero-order valence-electron chi connectivity index (χ0n) is 13.1. The van der Waals surface area contributed by atoms with Crippen LogP contribution in [0.2, 0.25) is 0 Å². The second-order valence-electron chi connectivity index (χ2n) is 5.88. The van der Waals surface area contributed by atoms with E-state index in [2.05, 4.69) is 38.9 Å². The Labute approximate surface area is 121 Å². The standard InChI is InChI=1S/C16H25NO3/c1-11(2)19-16(9-17(4)5)13-6-7-14-15(8-13)18-10-12(3)20-14/h6-8,11-12,16H,9-10H2,1-5H3. The molecule has 2 unspecified atom stereocenters. The summed E-state index contributed by atoms with van der Waals surface area (Å²) < 4.78 is 17.5. The Bertz CT molecular complexity index is 435. The zero-order valence-corrected chi connectivity index (χ0v) is 13.1. The van der Waals surface area contributed by atoms with Gasteiger partial charge in [-0.25, -0.2) is 0 Å². The molecule has 1 aromatic rings. The minimum absolute atomic E-state index is 0.0400. The van der Waals surface area contributed by atoms with Gasteiger partial charge in [-0.1, -0.05) is 6.07 Å². The van der Waals surface area contributed by atoms with Gasteiger partial charge in [-0.2, -0.15) is 0 Å². The molecule has 0 aromatic heterocycles. The molecule has 1 aliphatic rings. The molecule has 1 aliphatic heterocycles. The van der Waals surface area contributed by atoms with E-state index in [9.17, 15) is 0 Å². The van der Waals surface area contributed by atoms with E-state index in [-0.39, 0.29) is 18.3 Å². The first kappa shape index (κ1) is 15.1. The quantitative estimate of drug-likeness (QED) is 0.829. The molecule has 0 bridgehead atoms. The van der Waals surface area contributed by atoms with Crippen molar-refractivity contribution in [3.8, 4) is 11.5 Å². The number of fused-ring (bicyclic) bond motifs is 1. The van der Waals surface area contributed by atoms with Crippen molar-refractivity contribution < 1.29 is 14.2 Å². The van der Waals surface area contributed by atoms with E-state index < -0.39 is 0 Å². The van der Waals surface area contributed by atoms with Gasteiger partial charge in [-0.05, 0) is 52.6 Å². The van der Waals surface area contributed by atoms with Crippen LogP contribution in [-0.2, 0) is 4.74 Å². The summed E-state index contributed by atoms with van der Waals surface area (Å²) in [5.74, 6) is 1.64. The van der Waals surface area contributed by atoms with Gasteiger partial charge in [-0.3, -0.25) is 0 Å². The highest BCUT2D eigenvalue weighted by Gasteiger charge is 2.21. The normalized spacial score (nSPS) is 19.4. The van der Waals surface area contributed by atoms with Crippen molar-refractivity contribution in [2.45, 2.75) is 39.1 Å². The van der Waals surface area contributed by atoms with Gasteiger partial charge in [0.2, 0.25) is 0 Å². The maximum absolute atomic E-state index is 6.02. The highest BCUT2D eigenvalue weighted by molar-refractivity contribution is 5.44. The summed E-state index contributed by atoms with van der Waals surface area (Å²) >= 11 is 0. The molecular formula is C16H25NO3. The highest BCUT2D eigenvalue weighted by atomic mass is 16.6. The molecule has 4 nitrogen and oxygen atoms in total. The van der Waals surface area contributed by atoms with Crippen molar-refractivity contribution in [2.24, 2.45) is 0 Å². The van der Waals surface area contributed by atoms with Crippen LogP contribution in [0.4, 0.5) is 0 Å². The van der Waals surface area contributed by atoms with Gasteiger partial charge in [0, 0.05) is 6.54 Å². The third-order valence-corrected chi connectivity index (χ3v) is 3.11. The van der Waals surface area contributed by atoms with Gasteiger partial charge in [0.05, 0.1) is 12.2 Å². The lowest BCUT2D eigenvalue weighted by molar-refractivity contribution is -0.00687. The number of benzene rings is 1. The summed E-state index contributed by atoms with van der Waals surface area (Å²) in [7, 11) is 4.10. The molecule has 0 saturated carbocycles. The largest absolute Gasteiger partial charge is 0.486 e. The van der Waals surface area contributed by atoms with Crippen molar-refractivity contribution in [3.05, 3.63) is 23.8 Å². The molecule has 4 heteroatoms. The van der Waals surface area contributed by atoms with Crippen LogP contribution >= 0.6 is 0 Å². The monoisotopic (exact) mass is 279 g/mol. The van der Waals surface area contributed by atoms with E-state index >= 15 is 0 Å². The maximum atomic E-state index is 6.02. The Morgan fingerprint density at radius 2 is 2.05 bits per heavy atom. The topological polar surface area (TPSA) is 30.9 Å². The van der Waals surface area contributed by atoms with Gasteiger partial charge in [0.15, 0.2) is 11.5 Å². The molecular weight excluding hydrogens is 254 g/mol. The summed E-state index contributed by atoms with van der Waals surface area (Å²) in [6.45, 7) is 7.56. The second-order valence-corrected chi connectivity index (χ2v) is 5.88. The van der Waals surface area contributed by atoms with Crippen LogP contribution in [0.3, 0.4) is 0 Å². The average Bonchev–Trinajstić information content (AvgIpc) is 2.36. The van der Waals surface area contributed by atoms with E-state index in [0.29, 0.717) is 6.61 Å². The van der Waals surface area contributed by atoms with E-state index in [1.807, 2.05) is 19.1 Å². The summed E-state index contributed by atoms with van der Waals surface area (Å²) in [5.41, 5.74) is 1.13. The van der Waals surface area contributed by atoms with Crippen LogP contribution < -0.4 is 9.47 Å². The molecule has 1 heterocycles. The van der Waals surface area contributed by atoms with Crippen molar-refractivity contribution in [1.29, 1.82) is 0 Å². The number of rotatable bonds is 5. The van der Waals surface area contributed by atoms with E-state index in [4.69, 9.17) is 14.2 Å². The first-order valence-electron chi connectivity index (χ1n) is 7.19. The molecule has 0 saturated heterocycles. The SMILES string of the molecule is CC(C)OC(CN(C)C)c1ccc2c(c1)OCC(C)O2. The van der Waals surface area contributed by atoms with Crippen LogP contribution in [0.5, 0.6) is 11.5 Å². The van der Waals surface area contributed by atoms with Gasteiger partial charge in [0.1, 0.15) is 12.7 Å². The first-order valence-corrected chi connectivity index (χ1v) is 7.19. The molecule has 1 aromatic carbocycles. The number of likely N-dealkylation sites (N-methyl/N-ethyl adjacent to an activating group) is 1. The second kappa shape index (κ2) is 6.46. The fraction of sp³-hybridized carbons (Fsp3) is 0.625. The van der Waals surface area contributed by atoms with Gasteiger partial charge in [-0.15, -0.1) is 0 Å².